The Hall–Kier alpha value is -3.61. The van der Waals surface area contributed by atoms with Gasteiger partial charge in [0.05, 0.1) is 24.5 Å². The summed E-state index contributed by atoms with van der Waals surface area (Å²) in [6, 6.07) is 17.4. The van der Waals surface area contributed by atoms with Gasteiger partial charge in [-0.05, 0) is 56.2 Å². The number of rotatable bonds is 7. The predicted molar refractivity (Wildman–Crippen MR) is 134 cm³/mol. The summed E-state index contributed by atoms with van der Waals surface area (Å²) in [5.74, 6) is 0.918. The van der Waals surface area contributed by atoms with Gasteiger partial charge in [-0.1, -0.05) is 24.3 Å². The number of aromatic nitrogens is 2. The van der Waals surface area contributed by atoms with Crippen molar-refractivity contribution in [3.8, 4) is 17.0 Å². The Morgan fingerprint density at radius 3 is 2.47 bits per heavy atom. The highest BCUT2D eigenvalue weighted by atomic mass is 16.5. The van der Waals surface area contributed by atoms with Crippen molar-refractivity contribution in [2.24, 2.45) is 0 Å². The molecule has 1 amide bonds. The van der Waals surface area contributed by atoms with E-state index in [1.54, 1.807) is 6.07 Å². The summed E-state index contributed by atoms with van der Waals surface area (Å²) < 4.78 is 7.16. The zero-order valence-corrected chi connectivity index (χ0v) is 20.2. The smallest absolute Gasteiger partial charge is 0.266 e. The van der Waals surface area contributed by atoms with E-state index in [1.807, 2.05) is 36.1 Å². The molecule has 7 nitrogen and oxygen atoms in total. The van der Waals surface area contributed by atoms with E-state index in [2.05, 4.69) is 42.0 Å². The molecular weight excluding hydrogens is 428 g/mol. The van der Waals surface area contributed by atoms with Gasteiger partial charge in [0.2, 0.25) is 5.91 Å². The number of aryl methyl sites for hydroxylation is 3. The van der Waals surface area contributed by atoms with Crippen LogP contribution in [0.1, 0.15) is 24.5 Å². The highest BCUT2D eigenvalue weighted by Crippen LogP contribution is 2.29. The average molecular weight is 461 g/mol. The molecule has 0 atom stereocenters. The number of piperazine rings is 1. The second-order valence-electron chi connectivity index (χ2n) is 8.60. The Morgan fingerprint density at radius 2 is 1.74 bits per heavy atom. The number of carbonyl (C=O) groups excluding carboxylic acids is 1. The first-order valence-electron chi connectivity index (χ1n) is 11.9. The van der Waals surface area contributed by atoms with Crippen molar-refractivity contribution >= 4 is 11.6 Å². The number of benzene rings is 2. The van der Waals surface area contributed by atoms with Gasteiger partial charge >= 0.3 is 0 Å². The van der Waals surface area contributed by atoms with Crippen LogP contribution < -0.4 is 15.2 Å². The van der Waals surface area contributed by atoms with Crippen LogP contribution in [-0.4, -0.2) is 53.4 Å². The number of carbonyl (C=O) groups is 1. The van der Waals surface area contributed by atoms with Gasteiger partial charge in [-0.3, -0.25) is 9.59 Å². The SMILES string of the molecule is CCOc1ccccc1N1CCN(C(=O)CCn2nc(-c3ccc(C)c(C)c3)ccc2=O)CC1. The van der Waals surface area contributed by atoms with Gasteiger partial charge in [0.25, 0.3) is 5.56 Å². The number of anilines is 1. The standard InChI is InChI=1S/C27H32N4O3/c1-4-34-25-8-6-5-7-24(25)29-15-17-30(18-16-29)26(32)13-14-31-27(33)12-11-23(28-31)22-10-9-20(2)21(3)19-22/h5-12,19H,4,13-18H2,1-3H3. The van der Waals surface area contributed by atoms with E-state index in [0.29, 0.717) is 19.7 Å². The van der Waals surface area contributed by atoms with Crippen LogP contribution in [0.3, 0.4) is 0 Å². The minimum absolute atomic E-state index is 0.0445. The molecule has 1 aliphatic rings. The third-order valence-electron chi connectivity index (χ3n) is 6.34. The Bertz CT molecular complexity index is 1210. The quantitative estimate of drug-likeness (QED) is 0.538. The maximum absolute atomic E-state index is 12.9. The average Bonchev–Trinajstić information content (AvgIpc) is 2.86. The number of ether oxygens (including phenoxy) is 1. The molecule has 1 aromatic heterocycles. The fourth-order valence-electron chi connectivity index (χ4n) is 4.22. The molecule has 0 saturated carbocycles. The number of amides is 1. The van der Waals surface area contributed by atoms with Gasteiger partial charge in [0.15, 0.2) is 0 Å². The highest BCUT2D eigenvalue weighted by Gasteiger charge is 2.23. The second-order valence-corrected chi connectivity index (χ2v) is 8.60. The first-order chi connectivity index (χ1) is 16.5. The largest absolute Gasteiger partial charge is 0.492 e. The maximum Gasteiger partial charge on any atom is 0.266 e. The monoisotopic (exact) mass is 460 g/mol. The van der Waals surface area contributed by atoms with E-state index < -0.39 is 0 Å². The lowest BCUT2D eigenvalue weighted by atomic mass is 10.0. The zero-order valence-electron chi connectivity index (χ0n) is 20.2. The van der Waals surface area contributed by atoms with Crippen molar-refractivity contribution < 1.29 is 9.53 Å². The Kier molecular flexibility index (Phi) is 7.30. The van der Waals surface area contributed by atoms with Gasteiger partial charge < -0.3 is 14.5 Å². The molecule has 1 fully saturated rings. The zero-order chi connectivity index (χ0) is 24.1. The van der Waals surface area contributed by atoms with Crippen LogP contribution in [0.15, 0.2) is 59.4 Å². The Balaban J connectivity index is 1.36. The molecule has 0 radical (unpaired) electrons. The van der Waals surface area contributed by atoms with Gasteiger partial charge in [0.1, 0.15) is 5.75 Å². The molecule has 34 heavy (non-hydrogen) atoms. The number of hydrogen-bond acceptors (Lipinski definition) is 5. The van der Waals surface area contributed by atoms with E-state index in [0.717, 1.165) is 35.8 Å². The van der Waals surface area contributed by atoms with Crippen LogP contribution in [0.25, 0.3) is 11.3 Å². The number of nitrogens with zero attached hydrogens (tertiary/aromatic N) is 4. The molecule has 0 bridgehead atoms. The first-order valence-corrected chi connectivity index (χ1v) is 11.9. The summed E-state index contributed by atoms with van der Waals surface area (Å²) in [5.41, 5.74) is 4.95. The molecule has 7 heteroatoms. The summed E-state index contributed by atoms with van der Waals surface area (Å²) >= 11 is 0. The minimum Gasteiger partial charge on any atom is -0.492 e. The summed E-state index contributed by atoms with van der Waals surface area (Å²) in [5, 5.41) is 4.52. The van der Waals surface area contributed by atoms with E-state index in [-0.39, 0.29) is 24.4 Å². The van der Waals surface area contributed by atoms with Gasteiger partial charge in [-0.2, -0.15) is 5.10 Å². The van der Waals surface area contributed by atoms with Crippen molar-refractivity contribution in [3.63, 3.8) is 0 Å². The third-order valence-corrected chi connectivity index (χ3v) is 6.34. The second kappa shape index (κ2) is 10.5. The molecule has 0 spiro atoms. The van der Waals surface area contributed by atoms with Crippen molar-refractivity contribution in [2.45, 2.75) is 33.7 Å². The number of para-hydroxylation sites is 2. The molecule has 1 saturated heterocycles. The Morgan fingerprint density at radius 1 is 0.971 bits per heavy atom. The fourth-order valence-corrected chi connectivity index (χ4v) is 4.22. The molecule has 0 N–H and O–H groups in total. The van der Waals surface area contributed by atoms with E-state index in [1.165, 1.54) is 21.9 Å². The van der Waals surface area contributed by atoms with Crippen LogP contribution in [-0.2, 0) is 11.3 Å². The summed E-state index contributed by atoms with van der Waals surface area (Å²) in [6.07, 6.45) is 0.249. The molecule has 1 aliphatic heterocycles. The molecular formula is C27H32N4O3. The lowest BCUT2D eigenvalue weighted by Gasteiger charge is -2.36. The summed E-state index contributed by atoms with van der Waals surface area (Å²) in [6.45, 7) is 9.77. The van der Waals surface area contributed by atoms with E-state index >= 15 is 0 Å². The number of hydrogen-bond donors (Lipinski definition) is 0. The molecule has 0 aliphatic carbocycles. The van der Waals surface area contributed by atoms with Crippen LogP contribution in [0.5, 0.6) is 5.75 Å². The molecule has 178 valence electrons. The summed E-state index contributed by atoms with van der Waals surface area (Å²) in [4.78, 5) is 29.4. The van der Waals surface area contributed by atoms with Crippen molar-refractivity contribution in [1.29, 1.82) is 0 Å². The van der Waals surface area contributed by atoms with E-state index in [9.17, 15) is 9.59 Å². The lowest BCUT2D eigenvalue weighted by Crippen LogP contribution is -2.49. The van der Waals surface area contributed by atoms with E-state index in [4.69, 9.17) is 4.74 Å². The molecule has 3 aromatic rings. The fraction of sp³-hybridized carbons (Fsp3) is 0.370. The van der Waals surface area contributed by atoms with Crippen LogP contribution in [0, 0.1) is 13.8 Å². The molecule has 0 unspecified atom stereocenters. The van der Waals surface area contributed by atoms with Crippen molar-refractivity contribution in [1.82, 2.24) is 14.7 Å². The minimum atomic E-state index is -0.197. The van der Waals surface area contributed by atoms with Crippen LogP contribution in [0.4, 0.5) is 5.69 Å². The van der Waals surface area contributed by atoms with Gasteiger partial charge in [-0.15, -0.1) is 0 Å². The molecule has 2 heterocycles. The Labute approximate surface area is 200 Å². The normalized spacial score (nSPS) is 13.7. The molecule has 2 aromatic carbocycles. The topological polar surface area (TPSA) is 67.7 Å². The highest BCUT2D eigenvalue weighted by molar-refractivity contribution is 5.76. The first kappa shape index (κ1) is 23.5. The van der Waals surface area contributed by atoms with Crippen LogP contribution in [0.2, 0.25) is 0 Å². The van der Waals surface area contributed by atoms with Gasteiger partial charge in [0, 0.05) is 44.2 Å². The predicted octanol–water partition coefficient (Wildman–Crippen LogP) is 3.66. The molecule has 4 rings (SSSR count). The van der Waals surface area contributed by atoms with Crippen molar-refractivity contribution in [2.75, 3.05) is 37.7 Å². The maximum atomic E-state index is 12.9. The summed E-state index contributed by atoms with van der Waals surface area (Å²) in [7, 11) is 0. The van der Waals surface area contributed by atoms with Crippen LogP contribution >= 0.6 is 0 Å². The third kappa shape index (κ3) is 5.30. The van der Waals surface area contributed by atoms with Crippen molar-refractivity contribution in [3.05, 3.63) is 76.1 Å². The van der Waals surface area contributed by atoms with Gasteiger partial charge in [-0.25, -0.2) is 4.68 Å². The lowest BCUT2D eigenvalue weighted by molar-refractivity contribution is -0.131.